The summed E-state index contributed by atoms with van der Waals surface area (Å²) in [7, 11) is 0. The molecule has 0 saturated carbocycles. The number of thiocarbonyl (C=S) groups is 1. The monoisotopic (exact) mass is 414 g/mol. The van der Waals surface area contributed by atoms with Crippen LogP contribution in [0.15, 0.2) is 54.6 Å². The molecule has 2 aromatic carbocycles. The Morgan fingerprint density at radius 1 is 1.14 bits per heavy atom. The molecule has 2 aromatic rings. The van der Waals surface area contributed by atoms with Gasteiger partial charge in [0.25, 0.3) is 11.8 Å². The summed E-state index contributed by atoms with van der Waals surface area (Å²) in [5.41, 5.74) is 3.13. The van der Waals surface area contributed by atoms with Crippen LogP contribution in [0, 0.1) is 5.82 Å². The van der Waals surface area contributed by atoms with Gasteiger partial charge in [-0.25, -0.2) is 9.40 Å². The molecular formula is C20H19FN4O3S. The van der Waals surface area contributed by atoms with E-state index >= 15 is 0 Å². The van der Waals surface area contributed by atoms with Gasteiger partial charge in [0.1, 0.15) is 11.9 Å². The largest absolute Gasteiger partial charge is 0.356 e. The van der Waals surface area contributed by atoms with Crippen LogP contribution in [0.1, 0.15) is 23.7 Å². The molecule has 0 aliphatic carbocycles. The topological polar surface area (TPSA) is 81.8 Å². The Bertz CT molecular complexity index is 954. The van der Waals surface area contributed by atoms with Crippen molar-refractivity contribution in [1.29, 1.82) is 0 Å². The first-order valence-electron chi connectivity index (χ1n) is 8.97. The molecule has 1 unspecified atom stereocenters. The molecule has 1 heterocycles. The quantitative estimate of drug-likeness (QED) is 0.707. The Morgan fingerprint density at radius 2 is 1.86 bits per heavy atom. The molecule has 29 heavy (non-hydrogen) atoms. The number of nitrogens with one attached hydrogen (secondary N) is 2. The van der Waals surface area contributed by atoms with Crippen molar-refractivity contribution in [1.82, 2.24) is 15.8 Å². The summed E-state index contributed by atoms with van der Waals surface area (Å²) in [6.07, 6.45) is -0.195. The lowest BCUT2D eigenvalue weighted by Crippen LogP contribution is -2.50. The highest BCUT2D eigenvalue weighted by molar-refractivity contribution is 7.80. The summed E-state index contributed by atoms with van der Waals surface area (Å²) in [5.74, 6) is -2.00. The lowest BCUT2D eigenvalue weighted by Gasteiger charge is -2.24. The Balaban J connectivity index is 1.90. The van der Waals surface area contributed by atoms with Gasteiger partial charge in [-0.05, 0) is 49.5 Å². The van der Waals surface area contributed by atoms with Crippen LogP contribution >= 0.6 is 12.2 Å². The second-order valence-corrected chi connectivity index (χ2v) is 6.65. The van der Waals surface area contributed by atoms with Gasteiger partial charge in [0.05, 0.1) is 12.1 Å². The average Bonchev–Trinajstić information content (AvgIpc) is 2.92. The first kappa shape index (κ1) is 20.4. The molecule has 3 rings (SSSR count). The van der Waals surface area contributed by atoms with Crippen LogP contribution in [0.4, 0.5) is 10.1 Å². The van der Waals surface area contributed by atoms with Crippen molar-refractivity contribution in [2.24, 2.45) is 0 Å². The van der Waals surface area contributed by atoms with Crippen molar-refractivity contribution in [2.45, 2.75) is 19.4 Å². The zero-order valence-electron chi connectivity index (χ0n) is 15.6. The minimum Gasteiger partial charge on any atom is -0.356 e. The van der Waals surface area contributed by atoms with Crippen molar-refractivity contribution in [3.63, 3.8) is 0 Å². The molecule has 0 radical (unpaired) electrons. The maximum atomic E-state index is 13.5. The second kappa shape index (κ2) is 8.78. The maximum absolute atomic E-state index is 13.5. The van der Waals surface area contributed by atoms with E-state index in [1.807, 2.05) is 0 Å². The molecule has 1 saturated heterocycles. The molecule has 3 amide bonds. The van der Waals surface area contributed by atoms with Crippen LogP contribution in [0.5, 0.6) is 0 Å². The summed E-state index contributed by atoms with van der Waals surface area (Å²) >= 11 is 5.42. The number of hydrazine groups is 1. The zero-order chi connectivity index (χ0) is 21.0. The maximum Gasteiger partial charge on any atom is 0.269 e. The van der Waals surface area contributed by atoms with Crippen molar-refractivity contribution in [2.75, 3.05) is 11.4 Å². The van der Waals surface area contributed by atoms with Crippen LogP contribution < -0.4 is 15.6 Å². The number of amides is 3. The Labute approximate surface area is 172 Å². The summed E-state index contributed by atoms with van der Waals surface area (Å²) in [5, 5.41) is 3.85. The predicted octanol–water partition coefficient (Wildman–Crippen LogP) is 2.00. The third-order valence-corrected chi connectivity index (χ3v) is 4.67. The Kier molecular flexibility index (Phi) is 6.18. The van der Waals surface area contributed by atoms with E-state index in [9.17, 15) is 18.8 Å². The van der Waals surface area contributed by atoms with Crippen molar-refractivity contribution < 1.29 is 18.8 Å². The van der Waals surface area contributed by atoms with Crippen molar-refractivity contribution in [3.8, 4) is 0 Å². The van der Waals surface area contributed by atoms with Gasteiger partial charge < -0.3 is 5.32 Å². The van der Waals surface area contributed by atoms with Gasteiger partial charge in [-0.1, -0.05) is 24.3 Å². The first-order valence-corrected chi connectivity index (χ1v) is 9.38. The summed E-state index contributed by atoms with van der Waals surface area (Å²) in [4.78, 5) is 39.0. The van der Waals surface area contributed by atoms with Crippen LogP contribution in [0.3, 0.4) is 0 Å². The fourth-order valence-electron chi connectivity index (χ4n) is 2.96. The molecule has 1 fully saturated rings. The van der Waals surface area contributed by atoms with E-state index in [1.54, 1.807) is 37.3 Å². The second-order valence-electron chi connectivity index (χ2n) is 6.29. The number of hydrogen-bond acceptors (Lipinski definition) is 4. The van der Waals surface area contributed by atoms with E-state index in [0.29, 0.717) is 12.2 Å². The molecule has 1 aliphatic heterocycles. The summed E-state index contributed by atoms with van der Waals surface area (Å²) < 4.78 is 13.5. The third kappa shape index (κ3) is 4.40. The Morgan fingerprint density at radius 3 is 2.52 bits per heavy atom. The Hall–Kier alpha value is -3.33. The molecule has 7 nitrogen and oxygen atoms in total. The van der Waals surface area contributed by atoms with Crippen LogP contribution in [0.2, 0.25) is 0 Å². The molecule has 2 N–H and O–H groups in total. The molecule has 1 atom stereocenters. The van der Waals surface area contributed by atoms with Gasteiger partial charge in [-0.15, -0.1) is 0 Å². The van der Waals surface area contributed by atoms with E-state index in [4.69, 9.17) is 12.2 Å². The van der Waals surface area contributed by atoms with Gasteiger partial charge in [-0.3, -0.25) is 24.7 Å². The minimum atomic E-state index is -1.02. The minimum absolute atomic E-state index is 0.0280. The number of nitrogens with zero attached hydrogens (tertiary/aromatic N) is 2. The molecule has 9 heteroatoms. The molecular weight excluding hydrogens is 395 g/mol. The highest BCUT2D eigenvalue weighted by Gasteiger charge is 2.45. The lowest BCUT2D eigenvalue weighted by molar-refractivity contribution is -0.127. The number of benzene rings is 2. The summed E-state index contributed by atoms with van der Waals surface area (Å²) in [6.45, 7) is 2.17. The van der Waals surface area contributed by atoms with Crippen LogP contribution in [0.25, 0.3) is 0 Å². The van der Waals surface area contributed by atoms with E-state index in [-0.39, 0.29) is 23.0 Å². The summed E-state index contributed by atoms with van der Waals surface area (Å²) in [6, 6.07) is 12.8. The highest BCUT2D eigenvalue weighted by atomic mass is 32.1. The van der Waals surface area contributed by atoms with Gasteiger partial charge >= 0.3 is 0 Å². The van der Waals surface area contributed by atoms with E-state index in [0.717, 1.165) is 6.07 Å². The SMILES string of the molecule is CCNC(=O)CC1C(=O)N(c2ccccc2)C(=S)N1NC(=O)c1cccc(F)c1. The molecule has 150 valence electrons. The van der Waals surface area contributed by atoms with Gasteiger partial charge in [-0.2, -0.15) is 0 Å². The number of hydrogen-bond donors (Lipinski definition) is 2. The van der Waals surface area contributed by atoms with Crippen LogP contribution in [-0.2, 0) is 9.59 Å². The average molecular weight is 414 g/mol. The van der Waals surface area contributed by atoms with E-state index in [1.165, 1.54) is 28.1 Å². The van der Waals surface area contributed by atoms with Crippen LogP contribution in [-0.4, -0.2) is 40.4 Å². The van der Waals surface area contributed by atoms with Gasteiger partial charge in [0, 0.05) is 12.1 Å². The number of carbonyl (C=O) groups is 3. The number of carbonyl (C=O) groups excluding carboxylic acids is 3. The smallest absolute Gasteiger partial charge is 0.269 e. The predicted molar refractivity (Wildman–Crippen MR) is 109 cm³/mol. The van der Waals surface area contributed by atoms with Crippen molar-refractivity contribution in [3.05, 3.63) is 66.0 Å². The number of rotatable bonds is 6. The number of anilines is 1. The highest BCUT2D eigenvalue weighted by Crippen LogP contribution is 2.26. The molecule has 1 aliphatic rings. The fourth-order valence-corrected chi connectivity index (χ4v) is 3.33. The normalized spacial score (nSPS) is 16.1. The number of halogens is 1. The standard InChI is InChI=1S/C20H19FN4O3S/c1-2-22-17(26)12-16-19(28)24(15-9-4-3-5-10-15)20(29)25(16)23-18(27)13-7-6-8-14(21)11-13/h3-11,16H,2,12H2,1H3,(H,22,26)(H,23,27). The fraction of sp³-hybridized carbons (Fsp3) is 0.200. The van der Waals surface area contributed by atoms with Gasteiger partial charge in [0.15, 0.2) is 0 Å². The number of para-hydroxylation sites is 1. The zero-order valence-corrected chi connectivity index (χ0v) is 16.4. The first-order chi connectivity index (χ1) is 13.9. The van der Waals surface area contributed by atoms with E-state index in [2.05, 4.69) is 10.7 Å². The van der Waals surface area contributed by atoms with E-state index < -0.39 is 23.7 Å². The molecule has 0 spiro atoms. The molecule has 0 bridgehead atoms. The molecule has 0 aromatic heterocycles. The van der Waals surface area contributed by atoms with Gasteiger partial charge in [0.2, 0.25) is 11.0 Å². The lowest BCUT2D eigenvalue weighted by atomic mass is 10.1. The third-order valence-electron chi connectivity index (χ3n) is 4.29. The van der Waals surface area contributed by atoms with Crippen molar-refractivity contribution >= 4 is 40.7 Å².